The van der Waals surface area contributed by atoms with Gasteiger partial charge in [0.2, 0.25) is 0 Å². The topological polar surface area (TPSA) is 66.9 Å². The van der Waals surface area contributed by atoms with E-state index in [4.69, 9.17) is 18.8 Å². The average molecular weight is 307 g/mol. The van der Waals surface area contributed by atoms with E-state index in [-0.39, 0.29) is 12.6 Å². The number of aromatic nitrogens is 1. The Morgan fingerprint density at radius 2 is 1.86 bits per heavy atom. The molecule has 6 nitrogen and oxygen atoms in total. The molecule has 2 heterocycles. The lowest BCUT2D eigenvalue weighted by Crippen LogP contribution is -2.41. The number of hydrogen-bond acceptors (Lipinski definition) is 6. The molecule has 0 unspecified atom stereocenters. The molecule has 1 fully saturated rings. The molecule has 1 saturated heterocycles. The smallest absolute Gasteiger partial charge is 0.495 e. The summed E-state index contributed by atoms with van der Waals surface area (Å²) in [6.07, 6.45) is 1.66. The Kier molecular flexibility index (Phi) is 4.49. The Bertz CT molecular complexity index is 557. The predicted molar refractivity (Wildman–Crippen MR) is 82.0 cm³/mol. The van der Waals surface area contributed by atoms with E-state index in [0.29, 0.717) is 11.4 Å². The SMILES string of the molecule is COc1cc(B2OC(C)(C)C(C)(C)O2)cnc1COC(C)=O. The predicted octanol–water partition coefficient (Wildman–Crippen LogP) is 1.45. The maximum atomic E-state index is 10.9. The van der Waals surface area contributed by atoms with Crippen molar-refractivity contribution in [1.29, 1.82) is 0 Å². The van der Waals surface area contributed by atoms with Crippen LogP contribution in [0.25, 0.3) is 0 Å². The zero-order valence-corrected chi connectivity index (χ0v) is 13.9. The van der Waals surface area contributed by atoms with Crippen molar-refractivity contribution < 1.29 is 23.6 Å². The highest BCUT2D eigenvalue weighted by molar-refractivity contribution is 6.62. The van der Waals surface area contributed by atoms with Crippen LogP contribution >= 0.6 is 0 Å². The van der Waals surface area contributed by atoms with E-state index in [9.17, 15) is 4.79 Å². The van der Waals surface area contributed by atoms with Crippen molar-refractivity contribution in [3.8, 4) is 5.75 Å². The lowest BCUT2D eigenvalue weighted by atomic mass is 9.80. The van der Waals surface area contributed by atoms with Crippen molar-refractivity contribution in [2.75, 3.05) is 7.11 Å². The Balaban J connectivity index is 2.22. The number of pyridine rings is 1. The van der Waals surface area contributed by atoms with Gasteiger partial charge in [-0.05, 0) is 33.8 Å². The third-order valence-electron chi connectivity index (χ3n) is 4.11. The van der Waals surface area contributed by atoms with Gasteiger partial charge in [0.25, 0.3) is 0 Å². The van der Waals surface area contributed by atoms with Crippen LogP contribution in [-0.2, 0) is 25.4 Å². The molecule has 22 heavy (non-hydrogen) atoms. The molecule has 0 atom stereocenters. The summed E-state index contributed by atoms with van der Waals surface area (Å²) in [5, 5.41) is 0. The van der Waals surface area contributed by atoms with Crippen molar-refractivity contribution >= 4 is 18.6 Å². The second-order valence-electron chi connectivity index (χ2n) is 6.29. The van der Waals surface area contributed by atoms with Gasteiger partial charge in [0, 0.05) is 18.6 Å². The third kappa shape index (κ3) is 3.25. The summed E-state index contributed by atoms with van der Waals surface area (Å²) in [5.74, 6) is 0.173. The number of rotatable bonds is 4. The molecular weight excluding hydrogens is 285 g/mol. The zero-order valence-electron chi connectivity index (χ0n) is 13.9. The van der Waals surface area contributed by atoms with E-state index >= 15 is 0 Å². The molecule has 7 heteroatoms. The highest BCUT2D eigenvalue weighted by Gasteiger charge is 2.51. The number of methoxy groups -OCH3 is 1. The van der Waals surface area contributed by atoms with Crippen LogP contribution in [0.5, 0.6) is 5.75 Å². The minimum atomic E-state index is -0.505. The summed E-state index contributed by atoms with van der Waals surface area (Å²) < 4.78 is 22.2. The second kappa shape index (κ2) is 5.89. The first-order valence-corrected chi connectivity index (χ1v) is 7.18. The van der Waals surface area contributed by atoms with Gasteiger partial charge in [0.05, 0.1) is 18.3 Å². The van der Waals surface area contributed by atoms with Crippen molar-refractivity contribution in [1.82, 2.24) is 4.98 Å². The zero-order chi connectivity index (χ0) is 16.5. The molecule has 1 aromatic heterocycles. The fraction of sp³-hybridized carbons (Fsp3) is 0.600. The lowest BCUT2D eigenvalue weighted by molar-refractivity contribution is -0.142. The Hall–Kier alpha value is -1.60. The molecule has 1 aliphatic heterocycles. The van der Waals surface area contributed by atoms with Gasteiger partial charge in [-0.3, -0.25) is 9.78 Å². The van der Waals surface area contributed by atoms with E-state index in [1.165, 1.54) is 6.92 Å². The summed E-state index contributed by atoms with van der Waals surface area (Å²) in [6.45, 7) is 9.40. The first-order chi connectivity index (χ1) is 10.2. The molecular formula is C15H22BNO5. The van der Waals surface area contributed by atoms with Crippen LogP contribution in [0.3, 0.4) is 0 Å². The van der Waals surface area contributed by atoms with Crippen molar-refractivity contribution in [3.05, 3.63) is 18.0 Å². The van der Waals surface area contributed by atoms with Crippen molar-refractivity contribution in [2.24, 2.45) is 0 Å². The van der Waals surface area contributed by atoms with E-state index < -0.39 is 18.3 Å². The summed E-state index contributed by atoms with van der Waals surface area (Å²) >= 11 is 0. The number of carbonyl (C=O) groups is 1. The molecule has 120 valence electrons. The van der Waals surface area contributed by atoms with Gasteiger partial charge < -0.3 is 18.8 Å². The summed E-state index contributed by atoms with van der Waals surface area (Å²) in [5.41, 5.74) is 0.489. The molecule has 0 N–H and O–H groups in total. The van der Waals surface area contributed by atoms with Crippen molar-refractivity contribution in [3.63, 3.8) is 0 Å². The molecule has 0 aromatic carbocycles. The van der Waals surface area contributed by atoms with Crippen LogP contribution < -0.4 is 10.2 Å². The summed E-state index contributed by atoms with van der Waals surface area (Å²) in [7, 11) is 1.04. The highest BCUT2D eigenvalue weighted by Crippen LogP contribution is 2.36. The standard InChI is InChI=1S/C15H22BNO5/c1-10(18)20-9-12-13(19-6)7-11(8-17-12)16-21-14(2,3)15(4,5)22-16/h7-8H,9H2,1-6H3. The molecule has 0 bridgehead atoms. The van der Waals surface area contributed by atoms with Gasteiger partial charge in [-0.15, -0.1) is 0 Å². The molecule has 0 spiro atoms. The largest absolute Gasteiger partial charge is 0.496 e. The van der Waals surface area contributed by atoms with E-state index in [1.54, 1.807) is 19.4 Å². The number of ether oxygens (including phenoxy) is 2. The quantitative estimate of drug-likeness (QED) is 0.619. The van der Waals surface area contributed by atoms with Gasteiger partial charge in [0.15, 0.2) is 0 Å². The number of esters is 1. The van der Waals surface area contributed by atoms with E-state index in [2.05, 4.69) is 4.98 Å². The van der Waals surface area contributed by atoms with Gasteiger partial charge in [-0.1, -0.05) is 0 Å². The molecule has 0 aliphatic carbocycles. The molecule has 0 radical (unpaired) electrons. The molecule has 1 aromatic rings. The minimum absolute atomic E-state index is 0.0716. The third-order valence-corrected chi connectivity index (χ3v) is 4.11. The maximum Gasteiger partial charge on any atom is 0.496 e. The lowest BCUT2D eigenvalue weighted by Gasteiger charge is -2.32. The van der Waals surface area contributed by atoms with Gasteiger partial charge >= 0.3 is 13.1 Å². The van der Waals surface area contributed by atoms with Crippen LogP contribution in [0.2, 0.25) is 0 Å². The fourth-order valence-electron chi connectivity index (χ4n) is 2.05. The van der Waals surface area contributed by atoms with Crippen LogP contribution in [0.4, 0.5) is 0 Å². The van der Waals surface area contributed by atoms with Crippen LogP contribution in [0.15, 0.2) is 12.3 Å². The summed E-state index contributed by atoms with van der Waals surface area (Å²) in [6, 6.07) is 1.80. The van der Waals surface area contributed by atoms with Crippen molar-refractivity contribution in [2.45, 2.75) is 52.4 Å². The van der Waals surface area contributed by atoms with Gasteiger partial charge in [-0.25, -0.2) is 0 Å². The van der Waals surface area contributed by atoms with Gasteiger partial charge in [0.1, 0.15) is 18.1 Å². The second-order valence-corrected chi connectivity index (χ2v) is 6.29. The minimum Gasteiger partial charge on any atom is -0.495 e. The monoisotopic (exact) mass is 307 g/mol. The average Bonchev–Trinajstić information content (AvgIpc) is 2.65. The van der Waals surface area contributed by atoms with Crippen LogP contribution in [0, 0.1) is 0 Å². The van der Waals surface area contributed by atoms with E-state index in [0.717, 1.165) is 5.46 Å². The molecule has 0 saturated carbocycles. The number of nitrogens with zero attached hydrogens (tertiary/aromatic N) is 1. The van der Waals surface area contributed by atoms with Gasteiger partial charge in [-0.2, -0.15) is 0 Å². The maximum absolute atomic E-state index is 10.9. The normalized spacial score (nSPS) is 19.1. The number of hydrogen-bond donors (Lipinski definition) is 0. The Morgan fingerprint density at radius 1 is 1.27 bits per heavy atom. The number of carbonyl (C=O) groups excluding carboxylic acids is 1. The van der Waals surface area contributed by atoms with Crippen LogP contribution in [-0.4, -0.2) is 36.4 Å². The molecule has 0 amide bonds. The molecule has 2 rings (SSSR count). The first-order valence-electron chi connectivity index (χ1n) is 7.18. The highest BCUT2D eigenvalue weighted by atomic mass is 16.7. The Morgan fingerprint density at radius 3 is 2.36 bits per heavy atom. The summed E-state index contributed by atoms with van der Waals surface area (Å²) in [4.78, 5) is 15.2. The van der Waals surface area contributed by atoms with E-state index in [1.807, 2.05) is 27.7 Å². The Labute approximate surface area is 131 Å². The van der Waals surface area contributed by atoms with Crippen LogP contribution in [0.1, 0.15) is 40.3 Å². The first kappa shape index (κ1) is 16.8. The fourth-order valence-corrected chi connectivity index (χ4v) is 2.05. The molecule has 1 aliphatic rings.